The lowest BCUT2D eigenvalue weighted by Gasteiger charge is -2.12. The molecule has 0 aromatic heterocycles. The van der Waals surface area contributed by atoms with Crippen molar-refractivity contribution in [1.29, 1.82) is 0 Å². The van der Waals surface area contributed by atoms with Crippen LogP contribution in [-0.4, -0.2) is 17.7 Å². The topological polar surface area (TPSA) is 87.3 Å². The van der Waals surface area contributed by atoms with Crippen LogP contribution in [0.4, 0.5) is 17.1 Å². The van der Waals surface area contributed by atoms with E-state index in [0.717, 1.165) is 11.1 Å². The highest BCUT2D eigenvalue weighted by atomic mass is 16.2. The molecule has 3 aromatic carbocycles. The molecule has 3 rings (SSSR count). The first kappa shape index (κ1) is 20.8. The summed E-state index contributed by atoms with van der Waals surface area (Å²) in [5.74, 6) is -0.685. The maximum absolute atomic E-state index is 12.7. The van der Waals surface area contributed by atoms with E-state index in [-0.39, 0.29) is 24.1 Å². The third-order valence-electron chi connectivity index (χ3n) is 4.36. The normalized spacial score (nSPS) is 10.2. The molecule has 6 nitrogen and oxygen atoms in total. The SMILES string of the molecule is CC(=O)Nc1ccc(CC(=O)Nc2ccccc2C(=O)Nc2cccc(C)c2)cc1. The minimum atomic E-state index is -0.295. The second-order valence-electron chi connectivity index (χ2n) is 6.97. The van der Waals surface area contributed by atoms with Gasteiger partial charge in [-0.05, 0) is 54.4 Å². The number of hydrogen-bond donors (Lipinski definition) is 3. The second kappa shape index (κ2) is 9.52. The molecule has 6 heteroatoms. The third kappa shape index (κ3) is 5.78. The van der Waals surface area contributed by atoms with Crippen LogP contribution in [0.3, 0.4) is 0 Å². The van der Waals surface area contributed by atoms with Gasteiger partial charge >= 0.3 is 0 Å². The third-order valence-corrected chi connectivity index (χ3v) is 4.36. The quantitative estimate of drug-likeness (QED) is 0.573. The van der Waals surface area contributed by atoms with Crippen molar-refractivity contribution in [2.45, 2.75) is 20.3 Å². The molecule has 0 heterocycles. The Labute approximate surface area is 175 Å². The minimum absolute atomic E-state index is 0.147. The van der Waals surface area contributed by atoms with Crippen LogP contribution >= 0.6 is 0 Å². The number of benzene rings is 3. The molecular formula is C24H23N3O3. The zero-order chi connectivity index (χ0) is 21.5. The first-order chi connectivity index (χ1) is 14.4. The summed E-state index contributed by atoms with van der Waals surface area (Å²) in [6.45, 7) is 3.39. The fourth-order valence-electron chi connectivity index (χ4n) is 3.00. The lowest BCUT2D eigenvalue weighted by atomic mass is 10.1. The molecule has 0 spiro atoms. The Morgan fingerprint density at radius 1 is 0.767 bits per heavy atom. The van der Waals surface area contributed by atoms with Crippen molar-refractivity contribution in [3.8, 4) is 0 Å². The molecular weight excluding hydrogens is 378 g/mol. The molecule has 0 radical (unpaired) electrons. The van der Waals surface area contributed by atoms with E-state index in [1.165, 1.54) is 6.92 Å². The van der Waals surface area contributed by atoms with Crippen molar-refractivity contribution in [3.05, 3.63) is 89.5 Å². The van der Waals surface area contributed by atoms with Crippen LogP contribution in [0.2, 0.25) is 0 Å². The number of carbonyl (C=O) groups is 3. The van der Waals surface area contributed by atoms with Gasteiger partial charge in [-0.1, -0.05) is 36.4 Å². The molecule has 0 aliphatic heterocycles. The molecule has 0 saturated heterocycles. The summed E-state index contributed by atoms with van der Waals surface area (Å²) < 4.78 is 0. The van der Waals surface area contributed by atoms with E-state index in [1.807, 2.05) is 31.2 Å². The number of amides is 3. The lowest BCUT2D eigenvalue weighted by Crippen LogP contribution is -2.19. The molecule has 3 N–H and O–H groups in total. The molecule has 0 saturated carbocycles. The number of carbonyl (C=O) groups excluding carboxylic acids is 3. The van der Waals surface area contributed by atoms with E-state index < -0.39 is 0 Å². The van der Waals surface area contributed by atoms with Gasteiger partial charge in [0.05, 0.1) is 17.7 Å². The van der Waals surface area contributed by atoms with Gasteiger partial charge in [0.2, 0.25) is 11.8 Å². The average Bonchev–Trinajstić information content (AvgIpc) is 2.69. The van der Waals surface area contributed by atoms with Gasteiger partial charge in [-0.15, -0.1) is 0 Å². The predicted octanol–water partition coefficient (Wildman–Crippen LogP) is 4.39. The van der Waals surface area contributed by atoms with Gasteiger partial charge in [-0.3, -0.25) is 14.4 Å². The van der Waals surface area contributed by atoms with Crippen LogP contribution < -0.4 is 16.0 Å². The number of hydrogen-bond acceptors (Lipinski definition) is 3. The summed E-state index contributed by atoms with van der Waals surface area (Å²) in [6, 6.07) is 21.4. The lowest BCUT2D eigenvalue weighted by molar-refractivity contribution is -0.116. The number of nitrogens with one attached hydrogen (secondary N) is 3. The number of anilines is 3. The molecule has 0 unspecified atom stereocenters. The first-order valence-corrected chi connectivity index (χ1v) is 9.54. The van der Waals surface area contributed by atoms with Crippen LogP contribution in [0, 0.1) is 6.92 Å². The van der Waals surface area contributed by atoms with Gasteiger partial charge < -0.3 is 16.0 Å². The van der Waals surface area contributed by atoms with E-state index in [1.54, 1.807) is 48.5 Å². The number of aryl methyl sites for hydroxylation is 1. The van der Waals surface area contributed by atoms with E-state index in [4.69, 9.17) is 0 Å². The van der Waals surface area contributed by atoms with Crippen LogP contribution in [0.5, 0.6) is 0 Å². The van der Waals surface area contributed by atoms with Gasteiger partial charge in [-0.25, -0.2) is 0 Å². The van der Waals surface area contributed by atoms with Gasteiger partial charge in [0.15, 0.2) is 0 Å². The monoisotopic (exact) mass is 401 g/mol. The van der Waals surface area contributed by atoms with Crippen LogP contribution in [-0.2, 0) is 16.0 Å². The summed E-state index contributed by atoms with van der Waals surface area (Å²) in [4.78, 5) is 36.3. The van der Waals surface area contributed by atoms with E-state index >= 15 is 0 Å². The zero-order valence-electron chi connectivity index (χ0n) is 16.9. The molecule has 0 bridgehead atoms. The fourth-order valence-corrected chi connectivity index (χ4v) is 3.00. The molecule has 30 heavy (non-hydrogen) atoms. The van der Waals surface area contributed by atoms with Crippen LogP contribution in [0.25, 0.3) is 0 Å². The van der Waals surface area contributed by atoms with Gasteiger partial charge in [0.1, 0.15) is 0 Å². The Kier molecular flexibility index (Phi) is 6.60. The van der Waals surface area contributed by atoms with Crippen molar-refractivity contribution in [2.75, 3.05) is 16.0 Å². The fraction of sp³-hybridized carbons (Fsp3) is 0.125. The van der Waals surface area contributed by atoms with Gasteiger partial charge in [0, 0.05) is 18.3 Å². The molecule has 3 amide bonds. The van der Waals surface area contributed by atoms with Crippen molar-refractivity contribution in [3.63, 3.8) is 0 Å². The van der Waals surface area contributed by atoms with Crippen molar-refractivity contribution in [1.82, 2.24) is 0 Å². The standard InChI is InChI=1S/C24H23N3O3/c1-16-6-5-7-20(14-16)26-24(30)21-8-3-4-9-22(21)27-23(29)15-18-10-12-19(13-11-18)25-17(2)28/h3-14H,15H2,1-2H3,(H,25,28)(H,26,30)(H,27,29). The molecule has 0 fully saturated rings. The zero-order valence-corrected chi connectivity index (χ0v) is 16.9. The summed E-state index contributed by atoms with van der Waals surface area (Å²) >= 11 is 0. The van der Waals surface area contributed by atoms with Gasteiger partial charge in [-0.2, -0.15) is 0 Å². The van der Waals surface area contributed by atoms with E-state index in [9.17, 15) is 14.4 Å². The highest BCUT2D eigenvalue weighted by molar-refractivity contribution is 6.10. The van der Waals surface area contributed by atoms with Crippen molar-refractivity contribution >= 4 is 34.8 Å². The Morgan fingerprint density at radius 2 is 1.50 bits per heavy atom. The van der Waals surface area contributed by atoms with E-state index in [2.05, 4.69) is 16.0 Å². The highest BCUT2D eigenvalue weighted by Gasteiger charge is 2.14. The molecule has 152 valence electrons. The molecule has 0 aliphatic rings. The van der Waals surface area contributed by atoms with Crippen LogP contribution in [0.15, 0.2) is 72.8 Å². The Balaban J connectivity index is 1.67. The number of rotatable bonds is 6. The number of para-hydroxylation sites is 1. The maximum atomic E-state index is 12.7. The molecule has 0 aliphatic carbocycles. The Morgan fingerprint density at radius 3 is 2.20 bits per heavy atom. The molecule has 0 atom stereocenters. The smallest absolute Gasteiger partial charge is 0.257 e. The Hall–Kier alpha value is -3.93. The highest BCUT2D eigenvalue weighted by Crippen LogP contribution is 2.19. The van der Waals surface area contributed by atoms with Crippen LogP contribution in [0.1, 0.15) is 28.4 Å². The average molecular weight is 401 g/mol. The Bertz CT molecular complexity index is 1080. The summed E-state index contributed by atoms with van der Waals surface area (Å²) in [7, 11) is 0. The largest absolute Gasteiger partial charge is 0.326 e. The predicted molar refractivity (Wildman–Crippen MR) is 119 cm³/mol. The summed E-state index contributed by atoms with van der Waals surface area (Å²) in [5, 5.41) is 8.36. The van der Waals surface area contributed by atoms with Crippen molar-refractivity contribution in [2.24, 2.45) is 0 Å². The molecule has 3 aromatic rings. The minimum Gasteiger partial charge on any atom is -0.326 e. The second-order valence-corrected chi connectivity index (χ2v) is 6.97. The maximum Gasteiger partial charge on any atom is 0.257 e. The van der Waals surface area contributed by atoms with Crippen molar-refractivity contribution < 1.29 is 14.4 Å². The van der Waals surface area contributed by atoms with E-state index in [0.29, 0.717) is 22.6 Å². The first-order valence-electron chi connectivity index (χ1n) is 9.54. The summed E-state index contributed by atoms with van der Waals surface area (Å²) in [6.07, 6.45) is 0.147. The van der Waals surface area contributed by atoms with Gasteiger partial charge in [0.25, 0.3) is 5.91 Å². The summed E-state index contributed by atoms with van der Waals surface area (Å²) in [5.41, 5.74) is 4.03.